The van der Waals surface area contributed by atoms with Gasteiger partial charge in [-0.1, -0.05) is 30.3 Å². The van der Waals surface area contributed by atoms with Gasteiger partial charge in [-0.2, -0.15) is 0 Å². The van der Waals surface area contributed by atoms with Gasteiger partial charge < -0.3 is 21.7 Å². The Bertz CT molecular complexity index is 892. The predicted octanol–water partition coefficient (Wildman–Crippen LogP) is 0.763. The van der Waals surface area contributed by atoms with Crippen LogP contribution in [0, 0.1) is 13.8 Å². The summed E-state index contributed by atoms with van der Waals surface area (Å²) in [5.74, 6) is 0.368. The second-order valence-electron chi connectivity index (χ2n) is 7.21. The van der Waals surface area contributed by atoms with Crippen molar-refractivity contribution in [3.05, 3.63) is 64.5 Å². The fourth-order valence-electron chi connectivity index (χ4n) is 3.79. The average Bonchev–Trinajstić information content (AvgIpc) is 2.58. The number of benzene rings is 2. The maximum atomic E-state index is 12.7. The van der Waals surface area contributed by atoms with Gasteiger partial charge in [0.1, 0.15) is 25.0 Å². The van der Waals surface area contributed by atoms with E-state index in [4.69, 9.17) is 5.73 Å². The van der Waals surface area contributed by atoms with Crippen LogP contribution in [0.25, 0.3) is 16.7 Å². The molecule has 5 heteroatoms. The van der Waals surface area contributed by atoms with Crippen molar-refractivity contribution in [1.29, 1.82) is 0 Å². The van der Waals surface area contributed by atoms with Crippen molar-refractivity contribution in [3.8, 4) is 11.1 Å². The lowest BCUT2D eigenvalue weighted by Gasteiger charge is -2.27. The molecule has 0 spiro atoms. The zero-order valence-corrected chi connectivity index (χ0v) is 15.2. The normalized spacial score (nSPS) is 16.5. The van der Waals surface area contributed by atoms with Gasteiger partial charge in [-0.05, 0) is 53.3 Å². The Labute approximate surface area is 153 Å². The Balaban J connectivity index is 1.72. The van der Waals surface area contributed by atoms with Crippen LogP contribution in [-0.2, 0) is 11.3 Å². The van der Waals surface area contributed by atoms with E-state index in [0.717, 1.165) is 24.2 Å². The maximum Gasteiger partial charge on any atom is 0.256 e. The number of rotatable bonds is 3. The van der Waals surface area contributed by atoms with Crippen LogP contribution in [0.3, 0.4) is 0 Å². The summed E-state index contributed by atoms with van der Waals surface area (Å²) in [7, 11) is 0. The van der Waals surface area contributed by atoms with Crippen LogP contribution in [0.1, 0.15) is 22.3 Å². The molecule has 6 N–H and O–H groups in total. The van der Waals surface area contributed by atoms with Gasteiger partial charge >= 0.3 is 0 Å². The minimum atomic E-state index is -0.0890. The van der Waals surface area contributed by atoms with E-state index in [1.165, 1.54) is 22.3 Å². The number of hydrogen-bond acceptors (Lipinski definition) is 3. The molecule has 0 aliphatic carbocycles. The first-order valence-electron chi connectivity index (χ1n) is 9.10. The SMILES string of the molecule is Cc1cccc(C)c1-c1ccc2c(c1)CNC(N)=C2C(=O)NC1C[NH2+]C1. The molecule has 0 saturated carbocycles. The van der Waals surface area contributed by atoms with Crippen molar-refractivity contribution in [2.45, 2.75) is 26.4 Å². The number of hydrogen-bond donors (Lipinski definition) is 4. The molecule has 4 rings (SSSR count). The molecule has 2 aliphatic heterocycles. The quantitative estimate of drug-likeness (QED) is 0.660. The molecule has 0 atom stereocenters. The van der Waals surface area contributed by atoms with E-state index in [1.807, 2.05) is 6.07 Å². The zero-order valence-electron chi connectivity index (χ0n) is 15.2. The number of carbonyl (C=O) groups is 1. The minimum Gasteiger partial charge on any atom is -0.385 e. The van der Waals surface area contributed by atoms with Gasteiger partial charge in [0, 0.05) is 6.54 Å². The third kappa shape index (κ3) is 2.84. The van der Waals surface area contributed by atoms with E-state index in [1.54, 1.807) is 0 Å². The van der Waals surface area contributed by atoms with Crippen LogP contribution in [0.2, 0.25) is 0 Å². The molecule has 134 valence electrons. The van der Waals surface area contributed by atoms with Gasteiger partial charge in [0.15, 0.2) is 0 Å². The Kier molecular flexibility index (Phi) is 4.17. The summed E-state index contributed by atoms with van der Waals surface area (Å²) in [6.45, 7) is 6.77. The Morgan fingerprint density at radius 3 is 2.58 bits per heavy atom. The summed E-state index contributed by atoms with van der Waals surface area (Å²) in [4.78, 5) is 12.7. The van der Waals surface area contributed by atoms with Crippen molar-refractivity contribution in [2.75, 3.05) is 13.1 Å². The van der Waals surface area contributed by atoms with E-state index < -0.39 is 0 Å². The molecule has 26 heavy (non-hydrogen) atoms. The molecule has 0 aromatic heterocycles. The second kappa shape index (κ2) is 6.50. The lowest BCUT2D eigenvalue weighted by Crippen LogP contribution is -3.00. The van der Waals surface area contributed by atoms with Crippen LogP contribution in [0.5, 0.6) is 0 Å². The Hall–Kier alpha value is -2.79. The molecular formula is C21H25N4O+. The molecule has 2 aliphatic rings. The topological polar surface area (TPSA) is 83.8 Å². The summed E-state index contributed by atoms with van der Waals surface area (Å²) in [6.07, 6.45) is 0. The van der Waals surface area contributed by atoms with Crippen LogP contribution in [-0.4, -0.2) is 25.0 Å². The maximum absolute atomic E-state index is 12.7. The largest absolute Gasteiger partial charge is 0.385 e. The first-order chi connectivity index (χ1) is 12.5. The summed E-state index contributed by atoms with van der Waals surface area (Å²) >= 11 is 0. The van der Waals surface area contributed by atoms with Gasteiger partial charge in [-0.3, -0.25) is 4.79 Å². The summed E-state index contributed by atoms with van der Waals surface area (Å²) in [5, 5.41) is 8.42. The molecule has 2 aromatic rings. The molecule has 1 fully saturated rings. The number of nitrogens with one attached hydrogen (secondary N) is 2. The van der Waals surface area contributed by atoms with E-state index in [9.17, 15) is 4.79 Å². The predicted molar refractivity (Wildman–Crippen MR) is 103 cm³/mol. The van der Waals surface area contributed by atoms with E-state index in [-0.39, 0.29) is 11.9 Å². The smallest absolute Gasteiger partial charge is 0.256 e. The van der Waals surface area contributed by atoms with Crippen LogP contribution < -0.4 is 21.7 Å². The zero-order chi connectivity index (χ0) is 18.3. The molecule has 2 heterocycles. The summed E-state index contributed by atoms with van der Waals surface area (Å²) in [6, 6.07) is 12.9. The molecule has 1 saturated heterocycles. The van der Waals surface area contributed by atoms with Gasteiger partial charge in [-0.25, -0.2) is 0 Å². The highest BCUT2D eigenvalue weighted by atomic mass is 16.1. The van der Waals surface area contributed by atoms with E-state index in [2.05, 4.69) is 60.1 Å². The third-order valence-corrected chi connectivity index (χ3v) is 5.35. The fourth-order valence-corrected chi connectivity index (χ4v) is 3.79. The highest BCUT2D eigenvalue weighted by molar-refractivity contribution is 6.21. The Morgan fingerprint density at radius 1 is 1.19 bits per heavy atom. The molecule has 0 bridgehead atoms. The molecule has 0 unspecified atom stereocenters. The van der Waals surface area contributed by atoms with Crippen LogP contribution in [0.15, 0.2) is 42.2 Å². The van der Waals surface area contributed by atoms with Crippen molar-refractivity contribution in [1.82, 2.24) is 10.6 Å². The second-order valence-corrected chi connectivity index (χ2v) is 7.21. The van der Waals surface area contributed by atoms with Gasteiger partial charge in [0.25, 0.3) is 5.91 Å². The van der Waals surface area contributed by atoms with Crippen LogP contribution in [0.4, 0.5) is 0 Å². The molecule has 2 aromatic carbocycles. The van der Waals surface area contributed by atoms with Gasteiger partial charge in [0.2, 0.25) is 0 Å². The molecule has 1 amide bonds. The molecular weight excluding hydrogens is 324 g/mol. The number of quaternary nitrogens is 1. The first kappa shape index (κ1) is 16.7. The average molecular weight is 349 g/mol. The number of nitrogens with two attached hydrogens (primary N) is 2. The van der Waals surface area contributed by atoms with Crippen molar-refractivity contribution >= 4 is 11.5 Å². The van der Waals surface area contributed by atoms with Gasteiger partial charge in [-0.15, -0.1) is 0 Å². The first-order valence-corrected chi connectivity index (χ1v) is 9.10. The highest BCUT2D eigenvalue weighted by Crippen LogP contribution is 2.32. The summed E-state index contributed by atoms with van der Waals surface area (Å²) in [5.41, 5.74) is 13.7. The molecule has 5 nitrogen and oxygen atoms in total. The molecule has 0 radical (unpaired) electrons. The van der Waals surface area contributed by atoms with E-state index in [0.29, 0.717) is 17.9 Å². The van der Waals surface area contributed by atoms with Crippen molar-refractivity contribution in [3.63, 3.8) is 0 Å². The minimum absolute atomic E-state index is 0.0890. The van der Waals surface area contributed by atoms with Gasteiger partial charge in [0.05, 0.1) is 5.57 Å². The fraction of sp³-hybridized carbons (Fsp3) is 0.286. The number of carbonyl (C=O) groups excluding carboxylic acids is 1. The number of aryl methyl sites for hydroxylation is 2. The lowest BCUT2D eigenvalue weighted by atomic mass is 9.89. The number of fused-ring (bicyclic) bond motifs is 1. The van der Waals surface area contributed by atoms with E-state index >= 15 is 0 Å². The number of amides is 1. The van der Waals surface area contributed by atoms with Crippen LogP contribution >= 0.6 is 0 Å². The third-order valence-electron chi connectivity index (χ3n) is 5.35. The highest BCUT2D eigenvalue weighted by Gasteiger charge is 2.29. The van der Waals surface area contributed by atoms with Crippen molar-refractivity contribution < 1.29 is 10.1 Å². The standard InChI is InChI=1S/C21H24N4O/c1-12-4-3-5-13(2)18(12)14-6-7-17-15(8-14)9-24-20(22)19(17)21(26)25-16-10-23-11-16/h3-8,16,23-24H,9-11,22H2,1-2H3,(H,25,26)/p+1. The van der Waals surface area contributed by atoms with Crippen molar-refractivity contribution in [2.24, 2.45) is 5.73 Å². The lowest BCUT2D eigenvalue weighted by molar-refractivity contribution is -0.711. The Morgan fingerprint density at radius 2 is 1.92 bits per heavy atom. The monoisotopic (exact) mass is 349 g/mol. The summed E-state index contributed by atoms with van der Waals surface area (Å²) < 4.78 is 0.